The maximum Gasteiger partial charge on any atom is 0.250 e. The van der Waals surface area contributed by atoms with Crippen molar-refractivity contribution in [3.8, 4) is 0 Å². The van der Waals surface area contributed by atoms with Gasteiger partial charge >= 0.3 is 0 Å². The number of carbonyl (C=O) groups excluding carboxylic acids is 2. The number of likely N-dealkylation sites (N-methyl/N-ethyl adjacent to an activating group) is 1. The molecule has 0 aromatic heterocycles. The zero-order valence-electron chi connectivity index (χ0n) is 9.58. The predicted octanol–water partition coefficient (Wildman–Crippen LogP) is 0.985. The van der Waals surface area contributed by atoms with Crippen LogP contribution in [0.4, 0.5) is 5.69 Å². The smallest absolute Gasteiger partial charge is 0.250 e. The van der Waals surface area contributed by atoms with Crippen LogP contribution >= 0.6 is 11.6 Å². The topological polar surface area (TPSA) is 84.2 Å². The zero-order valence-corrected chi connectivity index (χ0v) is 10.3. The molecule has 17 heavy (non-hydrogen) atoms. The predicted molar refractivity (Wildman–Crippen MR) is 67.1 cm³/mol. The van der Waals surface area contributed by atoms with Crippen LogP contribution in [0.1, 0.15) is 17.3 Å². The molecule has 0 fully saturated rings. The average molecular weight is 256 g/mol. The lowest BCUT2D eigenvalue weighted by Gasteiger charge is -2.11. The minimum Gasteiger partial charge on any atom is -0.366 e. The normalized spacial score (nSPS) is 11.9. The third-order valence-corrected chi connectivity index (χ3v) is 2.66. The van der Waals surface area contributed by atoms with E-state index in [-0.39, 0.29) is 22.5 Å². The molecule has 0 spiro atoms. The molecule has 4 N–H and O–H groups in total. The minimum atomic E-state index is -0.632. The van der Waals surface area contributed by atoms with Crippen molar-refractivity contribution in [2.75, 3.05) is 12.4 Å². The van der Waals surface area contributed by atoms with Gasteiger partial charge in [-0.25, -0.2) is 0 Å². The van der Waals surface area contributed by atoms with E-state index in [1.165, 1.54) is 12.1 Å². The fraction of sp³-hybridized carbons (Fsp3) is 0.273. The van der Waals surface area contributed by atoms with Gasteiger partial charge < -0.3 is 16.4 Å². The zero-order chi connectivity index (χ0) is 13.0. The van der Waals surface area contributed by atoms with Crippen LogP contribution in [-0.4, -0.2) is 24.9 Å². The number of rotatable bonds is 4. The molecule has 0 bridgehead atoms. The van der Waals surface area contributed by atoms with Crippen molar-refractivity contribution in [3.63, 3.8) is 0 Å². The molecule has 1 aromatic carbocycles. The first-order valence-corrected chi connectivity index (χ1v) is 5.41. The van der Waals surface area contributed by atoms with E-state index in [9.17, 15) is 9.59 Å². The maximum atomic E-state index is 11.6. The van der Waals surface area contributed by atoms with Gasteiger partial charge in [0.15, 0.2) is 0 Å². The van der Waals surface area contributed by atoms with Gasteiger partial charge in [-0.05, 0) is 32.2 Å². The summed E-state index contributed by atoms with van der Waals surface area (Å²) in [6.45, 7) is 1.72. The second kappa shape index (κ2) is 5.65. The van der Waals surface area contributed by atoms with E-state index in [1.54, 1.807) is 20.0 Å². The van der Waals surface area contributed by atoms with Crippen molar-refractivity contribution in [2.45, 2.75) is 13.0 Å². The summed E-state index contributed by atoms with van der Waals surface area (Å²) in [4.78, 5) is 22.6. The number of halogens is 1. The highest BCUT2D eigenvalue weighted by Crippen LogP contribution is 2.20. The van der Waals surface area contributed by atoms with Crippen LogP contribution in [0.5, 0.6) is 0 Å². The molecule has 92 valence electrons. The Morgan fingerprint density at radius 2 is 2.06 bits per heavy atom. The molecule has 0 radical (unpaired) electrons. The summed E-state index contributed by atoms with van der Waals surface area (Å²) >= 11 is 5.79. The number of benzene rings is 1. The van der Waals surface area contributed by atoms with Crippen LogP contribution in [0, 0.1) is 0 Å². The quantitative estimate of drug-likeness (QED) is 0.750. The van der Waals surface area contributed by atoms with Crippen LogP contribution in [0.2, 0.25) is 5.02 Å². The Morgan fingerprint density at radius 1 is 1.41 bits per heavy atom. The van der Waals surface area contributed by atoms with E-state index in [1.807, 2.05) is 0 Å². The molecule has 1 aromatic rings. The van der Waals surface area contributed by atoms with Crippen LogP contribution in [0.15, 0.2) is 18.2 Å². The van der Waals surface area contributed by atoms with Crippen molar-refractivity contribution in [2.24, 2.45) is 5.73 Å². The molecule has 1 rings (SSSR count). The van der Waals surface area contributed by atoms with E-state index in [0.29, 0.717) is 5.69 Å². The van der Waals surface area contributed by atoms with E-state index in [0.717, 1.165) is 0 Å². The highest BCUT2D eigenvalue weighted by molar-refractivity contribution is 6.34. The lowest BCUT2D eigenvalue weighted by atomic mass is 10.2. The Morgan fingerprint density at radius 3 is 2.59 bits per heavy atom. The van der Waals surface area contributed by atoms with E-state index in [2.05, 4.69) is 10.6 Å². The standard InChI is InChI=1S/C11H14ClN3O2/c1-6(14-2)11(17)15-7-3-4-9(12)8(5-7)10(13)16/h3-6,14H,1-2H3,(H2,13,16)(H,15,17). The summed E-state index contributed by atoms with van der Waals surface area (Å²) in [5.74, 6) is -0.835. The van der Waals surface area contributed by atoms with Gasteiger partial charge in [-0.3, -0.25) is 9.59 Å². The summed E-state index contributed by atoms with van der Waals surface area (Å²) in [5, 5.41) is 5.71. The summed E-state index contributed by atoms with van der Waals surface area (Å²) in [6, 6.07) is 4.24. The molecular formula is C11H14ClN3O2. The van der Waals surface area contributed by atoms with E-state index >= 15 is 0 Å². The molecule has 0 heterocycles. The molecule has 0 aliphatic heterocycles. The minimum absolute atomic E-state index is 0.182. The Labute approximate surface area is 104 Å². The van der Waals surface area contributed by atoms with Gasteiger partial charge in [-0.15, -0.1) is 0 Å². The molecule has 0 saturated heterocycles. The molecular weight excluding hydrogens is 242 g/mol. The summed E-state index contributed by atoms with van der Waals surface area (Å²) in [7, 11) is 1.68. The molecule has 1 unspecified atom stereocenters. The highest BCUT2D eigenvalue weighted by Gasteiger charge is 2.12. The second-order valence-corrected chi connectivity index (χ2v) is 3.97. The molecule has 0 saturated carbocycles. The summed E-state index contributed by atoms with van der Waals surface area (Å²) in [6.07, 6.45) is 0. The van der Waals surface area contributed by atoms with E-state index < -0.39 is 5.91 Å². The second-order valence-electron chi connectivity index (χ2n) is 3.56. The van der Waals surface area contributed by atoms with Crippen molar-refractivity contribution in [1.29, 1.82) is 0 Å². The SMILES string of the molecule is CNC(C)C(=O)Nc1ccc(Cl)c(C(N)=O)c1. The first-order valence-electron chi connectivity index (χ1n) is 5.03. The molecule has 0 aliphatic carbocycles. The van der Waals surface area contributed by atoms with Gasteiger partial charge in [-0.1, -0.05) is 11.6 Å². The fourth-order valence-electron chi connectivity index (χ4n) is 1.17. The molecule has 6 heteroatoms. The van der Waals surface area contributed by atoms with Gasteiger partial charge in [0.1, 0.15) is 0 Å². The van der Waals surface area contributed by atoms with Crippen LogP contribution in [-0.2, 0) is 4.79 Å². The first kappa shape index (κ1) is 13.5. The Bertz CT molecular complexity index is 448. The van der Waals surface area contributed by atoms with Crippen molar-refractivity contribution < 1.29 is 9.59 Å². The first-order chi connectivity index (χ1) is 7.95. The van der Waals surface area contributed by atoms with Crippen molar-refractivity contribution in [1.82, 2.24) is 5.32 Å². The number of primary amides is 1. The van der Waals surface area contributed by atoms with E-state index in [4.69, 9.17) is 17.3 Å². The van der Waals surface area contributed by atoms with Gasteiger partial charge in [0.25, 0.3) is 0 Å². The highest BCUT2D eigenvalue weighted by atomic mass is 35.5. The molecule has 0 aliphatic rings. The fourth-order valence-corrected chi connectivity index (χ4v) is 1.38. The molecule has 2 amide bonds. The largest absolute Gasteiger partial charge is 0.366 e. The number of anilines is 1. The summed E-state index contributed by atoms with van der Waals surface area (Å²) < 4.78 is 0. The number of nitrogens with one attached hydrogen (secondary N) is 2. The number of hydrogen-bond donors (Lipinski definition) is 3. The van der Waals surface area contributed by atoms with Gasteiger partial charge in [0.05, 0.1) is 16.6 Å². The van der Waals surface area contributed by atoms with Gasteiger partial charge in [0, 0.05) is 5.69 Å². The van der Waals surface area contributed by atoms with Gasteiger partial charge in [0.2, 0.25) is 11.8 Å². The monoisotopic (exact) mass is 255 g/mol. The Kier molecular flexibility index (Phi) is 4.48. The van der Waals surface area contributed by atoms with Gasteiger partial charge in [-0.2, -0.15) is 0 Å². The van der Waals surface area contributed by atoms with Crippen molar-refractivity contribution in [3.05, 3.63) is 28.8 Å². The number of carbonyl (C=O) groups is 2. The average Bonchev–Trinajstić information content (AvgIpc) is 2.30. The lowest BCUT2D eigenvalue weighted by Crippen LogP contribution is -2.35. The number of hydrogen-bond acceptors (Lipinski definition) is 3. The van der Waals surface area contributed by atoms with Crippen LogP contribution < -0.4 is 16.4 Å². The maximum absolute atomic E-state index is 11.6. The third-order valence-electron chi connectivity index (χ3n) is 2.33. The van der Waals surface area contributed by atoms with Crippen LogP contribution in [0.3, 0.4) is 0 Å². The lowest BCUT2D eigenvalue weighted by molar-refractivity contribution is -0.117. The number of nitrogens with two attached hydrogens (primary N) is 1. The summed E-state index contributed by atoms with van der Waals surface area (Å²) in [5.41, 5.74) is 5.82. The van der Waals surface area contributed by atoms with Crippen LogP contribution in [0.25, 0.3) is 0 Å². The Hall–Kier alpha value is -1.59. The molecule has 5 nitrogen and oxygen atoms in total. The van der Waals surface area contributed by atoms with Crippen molar-refractivity contribution >= 4 is 29.1 Å². The molecule has 1 atom stereocenters. The number of amides is 2. The Balaban J connectivity index is 2.90. The third kappa shape index (κ3) is 3.44.